The summed E-state index contributed by atoms with van der Waals surface area (Å²) in [6, 6.07) is 18.5. The molecule has 3 aromatic rings. The van der Waals surface area contributed by atoms with Crippen LogP contribution >= 0.6 is 0 Å². The van der Waals surface area contributed by atoms with E-state index in [1.54, 1.807) is 6.07 Å². The Morgan fingerprint density at radius 2 is 1.83 bits per heavy atom. The van der Waals surface area contributed by atoms with Crippen molar-refractivity contribution in [2.45, 2.75) is 32.1 Å². The maximum atomic E-state index is 13.9. The molecule has 1 aromatic heterocycles. The first-order valence-electron chi connectivity index (χ1n) is 12.1. The zero-order chi connectivity index (χ0) is 24.2. The number of hydrogen-bond donors (Lipinski definition) is 1. The minimum absolute atomic E-state index is 0.000122. The molecule has 1 amide bonds. The number of likely N-dealkylation sites (tertiary alicyclic amines) is 1. The van der Waals surface area contributed by atoms with Gasteiger partial charge in [0.15, 0.2) is 5.82 Å². The van der Waals surface area contributed by atoms with E-state index in [-0.39, 0.29) is 11.7 Å². The van der Waals surface area contributed by atoms with Crippen molar-refractivity contribution in [3.8, 4) is 0 Å². The smallest absolute Gasteiger partial charge is 0.257 e. The van der Waals surface area contributed by atoms with Gasteiger partial charge in [-0.05, 0) is 60.6 Å². The number of hydrogen-bond acceptors (Lipinski definition) is 5. The zero-order valence-corrected chi connectivity index (χ0v) is 19.8. The van der Waals surface area contributed by atoms with Crippen molar-refractivity contribution in [2.24, 2.45) is 0 Å². The van der Waals surface area contributed by atoms with Gasteiger partial charge in [0.1, 0.15) is 12.1 Å². The van der Waals surface area contributed by atoms with Crippen molar-refractivity contribution in [2.75, 3.05) is 29.9 Å². The second-order valence-electron chi connectivity index (χ2n) is 8.97. The molecule has 0 atom stereocenters. The fraction of sp³-hybridized carbons (Fsp3) is 0.286. The van der Waals surface area contributed by atoms with E-state index in [2.05, 4.69) is 17.4 Å². The van der Waals surface area contributed by atoms with Crippen LogP contribution in [0, 0.1) is 5.82 Å². The Morgan fingerprint density at radius 3 is 2.49 bits per heavy atom. The second kappa shape index (κ2) is 10.2. The first-order valence-corrected chi connectivity index (χ1v) is 12.1. The minimum Gasteiger partial charge on any atom is -0.363 e. The summed E-state index contributed by atoms with van der Waals surface area (Å²) in [5.41, 5.74) is 4.69. The molecule has 1 N–H and O–H groups in total. The lowest BCUT2D eigenvalue weighted by Crippen LogP contribution is -2.41. The van der Waals surface area contributed by atoms with Gasteiger partial charge in [-0.25, -0.2) is 4.39 Å². The maximum Gasteiger partial charge on any atom is 0.257 e. The molecule has 7 heteroatoms. The molecule has 0 saturated carbocycles. The molecule has 1 fully saturated rings. The number of nitrogens with one attached hydrogen (secondary N) is 1. The summed E-state index contributed by atoms with van der Waals surface area (Å²) in [5.74, 6) is 0.782. The van der Waals surface area contributed by atoms with E-state index in [1.807, 2.05) is 58.5 Å². The van der Waals surface area contributed by atoms with Crippen LogP contribution in [0.3, 0.4) is 0 Å². The number of piperidine rings is 1. The van der Waals surface area contributed by atoms with E-state index in [9.17, 15) is 9.18 Å². The summed E-state index contributed by atoms with van der Waals surface area (Å²) in [5, 5.41) is 7.60. The molecule has 0 unspecified atom stereocenters. The number of carbonyl (C=O) groups excluding carboxylic acids is 1. The third kappa shape index (κ3) is 4.99. The Morgan fingerprint density at radius 1 is 1.09 bits per heavy atom. The molecule has 0 spiro atoms. The van der Waals surface area contributed by atoms with E-state index in [4.69, 9.17) is 4.52 Å². The van der Waals surface area contributed by atoms with Gasteiger partial charge in [-0.3, -0.25) is 4.79 Å². The third-order valence-corrected chi connectivity index (χ3v) is 6.81. The van der Waals surface area contributed by atoms with Crippen LogP contribution in [0.25, 0.3) is 0 Å². The molecule has 2 aromatic carbocycles. The van der Waals surface area contributed by atoms with Gasteiger partial charge < -0.3 is 19.6 Å². The van der Waals surface area contributed by atoms with Crippen LogP contribution in [0.5, 0.6) is 0 Å². The van der Waals surface area contributed by atoms with E-state index < -0.39 is 0 Å². The lowest BCUT2D eigenvalue weighted by atomic mass is 9.89. The largest absolute Gasteiger partial charge is 0.363 e. The summed E-state index contributed by atoms with van der Waals surface area (Å²) in [6.45, 7) is 4.04. The molecule has 2 aliphatic heterocycles. The molecule has 1 saturated heterocycles. The lowest BCUT2D eigenvalue weighted by Gasteiger charge is -2.35. The van der Waals surface area contributed by atoms with Gasteiger partial charge in [-0.1, -0.05) is 42.4 Å². The van der Waals surface area contributed by atoms with Crippen molar-refractivity contribution < 1.29 is 13.7 Å². The monoisotopic (exact) mass is 472 g/mol. The number of amides is 1. The highest BCUT2D eigenvalue weighted by molar-refractivity contribution is 6.00. The van der Waals surface area contributed by atoms with Crippen LogP contribution in [-0.2, 0) is 4.79 Å². The number of anilines is 2. The fourth-order valence-corrected chi connectivity index (χ4v) is 4.84. The van der Waals surface area contributed by atoms with Gasteiger partial charge in [0.05, 0.1) is 11.3 Å². The van der Waals surface area contributed by atoms with Gasteiger partial charge >= 0.3 is 0 Å². The molecule has 180 valence electrons. The first-order chi connectivity index (χ1) is 17.1. The fourth-order valence-electron chi connectivity index (χ4n) is 4.84. The van der Waals surface area contributed by atoms with Gasteiger partial charge in [0.2, 0.25) is 0 Å². The van der Waals surface area contributed by atoms with Crippen molar-refractivity contribution in [1.29, 1.82) is 0 Å². The number of nitrogens with zero attached hydrogens (tertiary/aromatic N) is 3. The van der Waals surface area contributed by atoms with Crippen LogP contribution in [0.1, 0.15) is 37.7 Å². The van der Waals surface area contributed by atoms with Crippen LogP contribution in [0.4, 0.5) is 15.9 Å². The summed E-state index contributed by atoms with van der Waals surface area (Å²) in [4.78, 5) is 17.8. The van der Waals surface area contributed by atoms with Crippen molar-refractivity contribution in [3.63, 3.8) is 0 Å². The SMILES string of the molecule is CCC1=C(Nc2ccccc2)C(C(=O)N2CCC(c3ccc(F)cc3)CC2)=CN(c2ccon2)C1. The maximum absolute atomic E-state index is 13.9. The standard InChI is InChI=1S/C28H29FN4O2/c1-2-20-18-33(26-14-17-35-31-26)19-25(27(20)30-24-6-4-3-5-7-24)28(34)32-15-12-22(13-16-32)21-8-10-23(29)11-9-21/h3-11,14,17,19,22,30H,2,12-13,15-16,18H2,1H3. The Kier molecular flexibility index (Phi) is 6.66. The van der Waals surface area contributed by atoms with Crippen LogP contribution in [0.2, 0.25) is 0 Å². The molecular formula is C28H29FN4O2. The Bertz CT molecular complexity index is 1210. The molecule has 2 aliphatic rings. The Labute approximate surface area is 204 Å². The molecule has 0 aliphatic carbocycles. The second-order valence-corrected chi connectivity index (χ2v) is 8.97. The van der Waals surface area contributed by atoms with Gasteiger partial charge in [0.25, 0.3) is 5.91 Å². The summed E-state index contributed by atoms with van der Waals surface area (Å²) >= 11 is 0. The van der Waals surface area contributed by atoms with Gasteiger partial charge in [-0.2, -0.15) is 0 Å². The molecule has 5 rings (SSSR count). The number of para-hydroxylation sites is 1. The molecule has 3 heterocycles. The Hall–Kier alpha value is -3.87. The molecule has 6 nitrogen and oxygen atoms in total. The Balaban J connectivity index is 1.40. The van der Waals surface area contributed by atoms with Crippen molar-refractivity contribution in [3.05, 3.63) is 101 Å². The van der Waals surface area contributed by atoms with E-state index >= 15 is 0 Å². The molecule has 35 heavy (non-hydrogen) atoms. The number of carbonyl (C=O) groups is 1. The quantitative estimate of drug-likeness (QED) is 0.499. The first kappa shape index (κ1) is 22.9. The molecular weight excluding hydrogens is 443 g/mol. The average Bonchev–Trinajstić information content (AvgIpc) is 3.45. The van der Waals surface area contributed by atoms with E-state index in [0.29, 0.717) is 36.9 Å². The predicted molar refractivity (Wildman–Crippen MR) is 134 cm³/mol. The lowest BCUT2D eigenvalue weighted by molar-refractivity contribution is -0.127. The minimum atomic E-state index is -0.223. The normalized spacial score (nSPS) is 16.9. The number of benzene rings is 2. The van der Waals surface area contributed by atoms with Crippen LogP contribution in [0.15, 0.2) is 94.5 Å². The zero-order valence-electron chi connectivity index (χ0n) is 19.8. The highest BCUT2D eigenvalue weighted by Gasteiger charge is 2.31. The van der Waals surface area contributed by atoms with E-state index in [0.717, 1.165) is 41.8 Å². The molecule has 0 radical (unpaired) electrons. The number of aromatic nitrogens is 1. The third-order valence-electron chi connectivity index (χ3n) is 6.81. The van der Waals surface area contributed by atoms with Crippen LogP contribution in [-0.4, -0.2) is 35.6 Å². The van der Waals surface area contributed by atoms with Crippen LogP contribution < -0.4 is 10.2 Å². The molecule has 0 bridgehead atoms. The summed E-state index contributed by atoms with van der Waals surface area (Å²) in [6.07, 6.45) is 5.92. The van der Waals surface area contributed by atoms with Gasteiger partial charge in [0, 0.05) is 37.6 Å². The average molecular weight is 473 g/mol. The van der Waals surface area contributed by atoms with E-state index in [1.165, 1.54) is 18.4 Å². The highest BCUT2D eigenvalue weighted by Crippen LogP contribution is 2.33. The van der Waals surface area contributed by atoms with Gasteiger partial charge in [-0.15, -0.1) is 0 Å². The summed E-state index contributed by atoms with van der Waals surface area (Å²) < 4.78 is 18.4. The van der Waals surface area contributed by atoms with Crippen molar-refractivity contribution >= 4 is 17.4 Å². The predicted octanol–water partition coefficient (Wildman–Crippen LogP) is 5.70. The number of halogens is 1. The summed E-state index contributed by atoms with van der Waals surface area (Å²) in [7, 11) is 0. The topological polar surface area (TPSA) is 61.6 Å². The van der Waals surface area contributed by atoms with Crippen molar-refractivity contribution in [1.82, 2.24) is 10.1 Å². The highest BCUT2D eigenvalue weighted by atomic mass is 19.1. The number of rotatable bonds is 6.